The quantitative estimate of drug-likeness (QED) is 0.458. The lowest BCUT2D eigenvalue weighted by Crippen LogP contribution is -2.31. The van der Waals surface area contributed by atoms with Crippen LogP contribution >= 0.6 is 0 Å². The minimum absolute atomic E-state index is 0.654. The van der Waals surface area contributed by atoms with Crippen LogP contribution in [0.3, 0.4) is 0 Å². The molecule has 0 bridgehead atoms. The van der Waals surface area contributed by atoms with E-state index in [1.54, 1.807) is 0 Å². The van der Waals surface area contributed by atoms with Gasteiger partial charge in [0.05, 0.1) is 20.8 Å². The normalized spacial score (nSPS) is 22.8. The molecule has 1 saturated heterocycles. The molecule has 1 heterocycles. The second-order valence-corrected chi connectivity index (χ2v) is 9.68. The Bertz CT molecular complexity index is 120. The van der Waals surface area contributed by atoms with E-state index in [1.807, 2.05) is 0 Å². The zero-order valence-corrected chi connectivity index (χ0v) is 9.73. The summed E-state index contributed by atoms with van der Waals surface area (Å²) in [7, 11) is -0.820. The van der Waals surface area contributed by atoms with Crippen LogP contribution in [0.15, 0.2) is 0 Å². The van der Waals surface area contributed by atoms with Crippen LogP contribution in [-0.4, -0.2) is 20.8 Å². The van der Waals surface area contributed by atoms with Gasteiger partial charge in [-0.15, -0.1) is 0 Å². The largest absolute Gasteiger partial charge is 0.373 e. The lowest BCUT2D eigenvalue weighted by molar-refractivity contribution is 0.402. The molecule has 0 amide bonds. The first kappa shape index (κ1) is 10.3. The molecular weight excluding hydrogens is 164 g/mol. The van der Waals surface area contributed by atoms with Gasteiger partial charge in [-0.05, 0) is 6.42 Å². The summed E-state index contributed by atoms with van der Waals surface area (Å²) in [6.45, 7) is 8.19. The number of epoxide rings is 1. The second-order valence-electron chi connectivity index (χ2n) is 4.05. The van der Waals surface area contributed by atoms with Crippen molar-refractivity contribution in [2.45, 2.75) is 57.5 Å². The molecule has 72 valence electrons. The maximum Gasteiger partial charge on any atom is 0.0807 e. The van der Waals surface area contributed by atoms with Crippen molar-refractivity contribution in [2.75, 3.05) is 6.61 Å². The summed E-state index contributed by atoms with van der Waals surface area (Å²) in [5.74, 6) is 0. The molecule has 1 atom stereocenters. The van der Waals surface area contributed by atoms with Crippen molar-refractivity contribution in [3.8, 4) is 0 Å². The van der Waals surface area contributed by atoms with Crippen molar-refractivity contribution in [1.82, 2.24) is 0 Å². The monoisotopic (exact) mass is 186 g/mol. The molecule has 1 rings (SSSR count). The average Bonchev–Trinajstić information content (AvgIpc) is 2.92. The Morgan fingerprint density at radius 3 is 2.00 bits per heavy atom. The molecule has 0 aromatic carbocycles. The number of ether oxygens (including phenoxy) is 1. The Kier molecular flexibility index (Phi) is 3.78. The van der Waals surface area contributed by atoms with Gasteiger partial charge in [-0.3, -0.25) is 0 Å². The van der Waals surface area contributed by atoms with E-state index < -0.39 is 8.07 Å². The number of hydrogen-bond donors (Lipinski definition) is 0. The molecule has 0 aromatic heterocycles. The topological polar surface area (TPSA) is 12.5 Å². The van der Waals surface area contributed by atoms with E-state index in [0.717, 1.165) is 6.61 Å². The minimum atomic E-state index is -0.820. The summed E-state index contributed by atoms with van der Waals surface area (Å²) in [4.78, 5) is 0. The first-order valence-corrected chi connectivity index (χ1v) is 8.20. The van der Waals surface area contributed by atoms with E-state index >= 15 is 0 Å². The van der Waals surface area contributed by atoms with Crippen molar-refractivity contribution < 1.29 is 4.74 Å². The van der Waals surface area contributed by atoms with Crippen molar-refractivity contribution in [2.24, 2.45) is 0 Å². The molecule has 1 nitrogen and oxygen atoms in total. The summed E-state index contributed by atoms with van der Waals surface area (Å²) in [6.07, 6.45) is 2.00. The summed E-state index contributed by atoms with van der Waals surface area (Å²) < 4.78 is 5.26. The Labute approximate surface area is 77.5 Å². The summed E-state index contributed by atoms with van der Waals surface area (Å²) in [5, 5.41) is 0. The van der Waals surface area contributed by atoms with Gasteiger partial charge in [0, 0.05) is 0 Å². The maximum absolute atomic E-state index is 5.26. The highest BCUT2D eigenvalue weighted by atomic mass is 28.3. The van der Waals surface area contributed by atoms with Gasteiger partial charge in [0.1, 0.15) is 0 Å². The Morgan fingerprint density at radius 2 is 1.67 bits per heavy atom. The Balaban J connectivity index is 2.28. The fourth-order valence-electron chi connectivity index (χ4n) is 1.98. The number of hydrogen-bond acceptors (Lipinski definition) is 1. The third-order valence-corrected chi connectivity index (χ3v) is 9.50. The van der Waals surface area contributed by atoms with Gasteiger partial charge in [-0.1, -0.05) is 44.9 Å². The van der Waals surface area contributed by atoms with Gasteiger partial charge >= 0.3 is 0 Å². The molecule has 0 radical (unpaired) electrons. The highest BCUT2D eigenvalue weighted by Gasteiger charge is 2.30. The van der Waals surface area contributed by atoms with Crippen LogP contribution in [0.5, 0.6) is 0 Å². The molecule has 1 aliphatic heterocycles. The van der Waals surface area contributed by atoms with Crippen LogP contribution in [0.2, 0.25) is 24.2 Å². The molecular formula is C10H22OSi. The van der Waals surface area contributed by atoms with Gasteiger partial charge < -0.3 is 4.74 Å². The van der Waals surface area contributed by atoms with Crippen molar-refractivity contribution >= 4 is 8.07 Å². The molecule has 0 aromatic rings. The number of rotatable bonds is 6. The molecule has 1 aliphatic rings. The van der Waals surface area contributed by atoms with E-state index in [0.29, 0.717) is 6.10 Å². The predicted octanol–water partition coefficient (Wildman–Crippen LogP) is 3.28. The van der Waals surface area contributed by atoms with E-state index in [2.05, 4.69) is 20.8 Å². The van der Waals surface area contributed by atoms with Gasteiger partial charge in [0.25, 0.3) is 0 Å². The summed E-state index contributed by atoms with van der Waals surface area (Å²) >= 11 is 0. The van der Waals surface area contributed by atoms with Gasteiger partial charge in [0.15, 0.2) is 0 Å². The fraction of sp³-hybridized carbons (Fsp3) is 1.00. The smallest absolute Gasteiger partial charge is 0.0807 e. The first-order chi connectivity index (χ1) is 5.76. The highest BCUT2D eigenvalue weighted by molar-refractivity contribution is 6.79. The van der Waals surface area contributed by atoms with Gasteiger partial charge in [-0.2, -0.15) is 0 Å². The molecule has 0 N–H and O–H groups in total. The van der Waals surface area contributed by atoms with Crippen LogP contribution in [0.1, 0.15) is 27.2 Å². The van der Waals surface area contributed by atoms with E-state index in [1.165, 1.54) is 30.6 Å². The minimum Gasteiger partial charge on any atom is -0.373 e. The van der Waals surface area contributed by atoms with E-state index in [9.17, 15) is 0 Å². The molecule has 0 aliphatic carbocycles. The molecule has 12 heavy (non-hydrogen) atoms. The van der Waals surface area contributed by atoms with E-state index in [4.69, 9.17) is 4.74 Å². The lowest BCUT2D eigenvalue weighted by atomic mass is 10.4. The molecule has 0 saturated carbocycles. The summed E-state index contributed by atoms with van der Waals surface area (Å²) in [5.41, 5.74) is 0. The first-order valence-electron chi connectivity index (χ1n) is 5.38. The predicted molar refractivity (Wildman–Crippen MR) is 56.4 cm³/mol. The maximum atomic E-state index is 5.26. The van der Waals surface area contributed by atoms with Crippen molar-refractivity contribution in [1.29, 1.82) is 0 Å². The van der Waals surface area contributed by atoms with Crippen molar-refractivity contribution in [3.63, 3.8) is 0 Å². The second kappa shape index (κ2) is 4.42. The van der Waals surface area contributed by atoms with E-state index in [-0.39, 0.29) is 0 Å². The van der Waals surface area contributed by atoms with Gasteiger partial charge in [0.2, 0.25) is 0 Å². The fourth-order valence-corrected chi connectivity index (χ4v) is 5.48. The van der Waals surface area contributed by atoms with Crippen LogP contribution in [0.25, 0.3) is 0 Å². The third-order valence-electron chi connectivity index (χ3n) is 3.65. The molecule has 1 fully saturated rings. The molecule has 1 unspecified atom stereocenters. The van der Waals surface area contributed by atoms with Gasteiger partial charge in [-0.25, -0.2) is 0 Å². The third kappa shape index (κ3) is 2.59. The van der Waals surface area contributed by atoms with Crippen LogP contribution in [0, 0.1) is 0 Å². The molecule has 0 spiro atoms. The zero-order chi connectivity index (χ0) is 9.03. The van der Waals surface area contributed by atoms with Crippen LogP contribution in [-0.2, 0) is 4.74 Å². The SMILES string of the molecule is CC[Si](CC)(CC)CCC1CO1. The Morgan fingerprint density at radius 1 is 1.17 bits per heavy atom. The Hall–Kier alpha value is 0.177. The van der Waals surface area contributed by atoms with Crippen LogP contribution < -0.4 is 0 Å². The van der Waals surface area contributed by atoms with Crippen LogP contribution in [0.4, 0.5) is 0 Å². The highest BCUT2D eigenvalue weighted by Crippen LogP contribution is 2.29. The lowest BCUT2D eigenvalue weighted by Gasteiger charge is -2.27. The van der Waals surface area contributed by atoms with Crippen molar-refractivity contribution in [3.05, 3.63) is 0 Å². The average molecular weight is 186 g/mol. The zero-order valence-electron chi connectivity index (χ0n) is 8.73. The molecule has 2 heteroatoms. The standard InChI is InChI=1S/C10H22OSi/c1-4-12(5-2,6-3)8-7-10-9-11-10/h10H,4-9H2,1-3H3. The summed E-state index contributed by atoms with van der Waals surface area (Å²) in [6, 6.07) is 5.90.